The van der Waals surface area contributed by atoms with Gasteiger partial charge in [0.1, 0.15) is 0 Å². The van der Waals surface area contributed by atoms with E-state index in [1.165, 1.54) is 23.1 Å². The molecule has 5 nitrogen and oxygen atoms in total. The number of rotatable bonds is 3. The lowest BCUT2D eigenvalue weighted by Crippen LogP contribution is -2.25. The number of carbonyl (C=O) groups is 2. The lowest BCUT2D eigenvalue weighted by atomic mass is 10.1. The van der Waals surface area contributed by atoms with E-state index in [-0.39, 0.29) is 22.2 Å². The second kappa shape index (κ2) is 7.46. The molecule has 0 unspecified atom stereocenters. The number of carbonyl (C=O) groups excluding carboxylic acids is 2. The van der Waals surface area contributed by atoms with Crippen molar-refractivity contribution in [3.05, 3.63) is 94.0 Å². The van der Waals surface area contributed by atoms with Gasteiger partial charge in [0.2, 0.25) is 0 Å². The fraction of sp³-hybridized carbons (Fsp3) is 0. The minimum Gasteiger partial charge on any atom is -0.312 e. The van der Waals surface area contributed by atoms with Crippen molar-refractivity contribution in [1.82, 2.24) is 0 Å². The molecular formula is C21H12Cl2N2O3. The van der Waals surface area contributed by atoms with Crippen molar-refractivity contribution in [2.75, 3.05) is 4.90 Å². The van der Waals surface area contributed by atoms with Crippen molar-refractivity contribution in [2.24, 2.45) is 5.16 Å². The van der Waals surface area contributed by atoms with E-state index in [0.29, 0.717) is 22.0 Å². The van der Waals surface area contributed by atoms with Gasteiger partial charge >= 0.3 is 5.97 Å². The van der Waals surface area contributed by atoms with E-state index in [9.17, 15) is 9.59 Å². The van der Waals surface area contributed by atoms with Crippen LogP contribution in [0, 0.1) is 0 Å². The normalized spacial score (nSPS) is 14.3. The largest absolute Gasteiger partial charge is 0.365 e. The molecule has 0 aromatic heterocycles. The van der Waals surface area contributed by atoms with Crippen LogP contribution in [-0.2, 0) is 9.63 Å². The Balaban J connectivity index is 1.67. The number of anilines is 2. The summed E-state index contributed by atoms with van der Waals surface area (Å²) >= 11 is 11.8. The maximum atomic E-state index is 13.0. The molecule has 1 aliphatic rings. The number of amides is 1. The van der Waals surface area contributed by atoms with Gasteiger partial charge in [0, 0.05) is 11.3 Å². The van der Waals surface area contributed by atoms with Gasteiger partial charge in [-0.05, 0) is 36.4 Å². The third kappa shape index (κ3) is 3.26. The Kier molecular flexibility index (Phi) is 4.86. The summed E-state index contributed by atoms with van der Waals surface area (Å²) in [5.74, 6) is -1.12. The van der Waals surface area contributed by atoms with Crippen LogP contribution in [-0.4, -0.2) is 17.6 Å². The number of para-hydroxylation sites is 2. The van der Waals surface area contributed by atoms with Crippen LogP contribution in [0.5, 0.6) is 0 Å². The van der Waals surface area contributed by atoms with Gasteiger partial charge in [0.05, 0.1) is 21.3 Å². The van der Waals surface area contributed by atoms with Crippen LogP contribution in [0.4, 0.5) is 11.4 Å². The van der Waals surface area contributed by atoms with Gasteiger partial charge in [-0.3, -0.25) is 9.69 Å². The average molecular weight is 411 g/mol. The minimum atomic E-state index is -0.741. The van der Waals surface area contributed by atoms with Crippen LogP contribution in [0.1, 0.15) is 15.9 Å². The molecule has 1 amide bonds. The maximum Gasteiger partial charge on any atom is 0.365 e. The zero-order valence-corrected chi connectivity index (χ0v) is 15.8. The number of oxime groups is 1. The lowest BCUT2D eigenvalue weighted by Gasteiger charge is -2.16. The summed E-state index contributed by atoms with van der Waals surface area (Å²) in [5, 5.41) is 4.40. The van der Waals surface area contributed by atoms with Gasteiger partial charge in [0.15, 0.2) is 5.71 Å². The van der Waals surface area contributed by atoms with Gasteiger partial charge in [-0.15, -0.1) is 0 Å². The number of halogens is 2. The van der Waals surface area contributed by atoms with Crippen molar-refractivity contribution >= 4 is 52.2 Å². The summed E-state index contributed by atoms with van der Waals surface area (Å²) in [6.45, 7) is 0. The smallest absolute Gasteiger partial charge is 0.312 e. The number of hydrogen-bond acceptors (Lipinski definition) is 4. The predicted molar refractivity (Wildman–Crippen MR) is 108 cm³/mol. The maximum absolute atomic E-state index is 13.0. The molecule has 1 aliphatic heterocycles. The summed E-state index contributed by atoms with van der Waals surface area (Å²) in [6.07, 6.45) is 0. The quantitative estimate of drug-likeness (QED) is 0.438. The summed E-state index contributed by atoms with van der Waals surface area (Å²) in [5.41, 5.74) is 2.17. The molecule has 1 heterocycles. The molecule has 138 valence electrons. The fourth-order valence-electron chi connectivity index (χ4n) is 2.88. The minimum absolute atomic E-state index is 0.0489. The van der Waals surface area contributed by atoms with Gasteiger partial charge in [-0.25, -0.2) is 4.79 Å². The Morgan fingerprint density at radius 3 is 2.36 bits per heavy atom. The molecule has 3 aromatic carbocycles. The highest BCUT2D eigenvalue weighted by molar-refractivity contribution is 6.55. The Labute approximate surface area is 170 Å². The summed E-state index contributed by atoms with van der Waals surface area (Å²) in [4.78, 5) is 31.8. The van der Waals surface area contributed by atoms with E-state index in [4.69, 9.17) is 28.0 Å². The average Bonchev–Trinajstić information content (AvgIpc) is 3.00. The number of fused-ring (bicyclic) bond motifs is 1. The van der Waals surface area contributed by atoms with Crippen molar-refractivity contribution in [3.63, 3.8) is 0 Å². The standard InChI is InChI=1S/C21H12Cl2N2O3/c22-16-11-10-13(12-17(16)23)21(27)28-24-19-15-8-4-5-9-18(15)25(20(19)26)14-6-2-1-3-7-14/h1-12H/b24-19+. The zero-order chi connectivity index (χ0) is 19.7. The first-order valence-electron chi connectivity index (χ1n) is 8.29. The molecular weight excluding hydrogens is 399 g/mol. The molecule has 0 saturated carbocycles. The molecule has 0 atom stereocenters. The van der Waals surface area contributed by atoms with Gasteiger partial charge in [0.25, 0.3) is 5.91 Å². The first-order chi connectivity index (χ1) is 13.6. The van der Waals surface area contributed by atoms with Crippen molar-refractivity contribution in [3.8, 4) is 0 Å². The van der Waals surface area contributed by atoms with E-state index in [2.05, 4.69) is 5.16 Å². The van der Waals surface area contributed by atoms with E-state index in [0.717, 1.165) is 0 Å². The molecule has 0 bridgehead atoms. The van der Waals surface area contributed by atoms with Crippen molar-refractivity contribution in [2.45, 2.75) is 0 Å². The lowest BCUT2D eigenvalue weighted by molar-refractivity contribution is -0.111. The van der Waals surface area contributed by atoms with Crippen molar-refractivity contribution < 1.29 is 14.4 Å². The molecule has 0 fully saturated rings. The highest BCUT2D eigenvalue weighted by atomic mass is 35.5. The molecule has 0 spiro atoms. The topological polar surface area (TPSA) is 59.0 Å². The fourth-order valence-corrected chi connectivity index (χ4v) is 3.18. The monoisotopic (exact) mass is 410 g/mol. The van der Waals surface area contributed by atoms with E-state index >= 15 is 0 Å². The molecule has 0 saturated heterocycles. The second-order valence-corrected chi connectivity index (χ2v) is 6.76. The molecule has 0 aliphatic carbocycles. The van der Waals surface area contributed by atoms with Crippen LogP contribution < -0.4 is 4.90 Å². The predicted octanol–water partition coefficient (Wildman–Crippen LogP) is 5.23. The Morgan fingerprint density at radius 1 is 0.893 bits per heavy atom. The van der Waals surface area contributed by atoms with E-state index < -0.39 is 5.97 Å². The molecule has 7 heteroatoms. The summed E-state index contributed by atoms with van der Waals surface area (Å²) < 4.78 is 0. The number of nitrogens with zero attached hydrogens (tertiary/aromatic N) is 2. The zero-order valence-electron chi connectivity index (χ0n) is 14.3. The molecule has 0 N–H and O–H groups in total. The number of hydrogen-bond donors (Lipinski definition) is 0. The molecule has 0 radical (unpaired) electrons. The van der Waals surface area contributed by atoms with Gasteiger partial charge in [-0.1, -0.05) is 64.8 Å². The van der Waals surface area contributed by atoms with Crippen LogP contribution in [0.15, 0.2) is 78.0 Å². The Bertz CT molecular complexity index is 1110. The highest BCUT2D eigenvalue weighted by Crippen LogP contribution is 2.35. The summed E-state index contributed by atoms with van der Waals surface area (Å²) in [7, 11) is 0. The van der Waals surface area contributed by atoms with Gasteiger partial charge in [-0.2, -0.15) is 0 Å². The Hall–Kier alpha value is -3.15. The third-order valence-electron chi connectivity index (χ3n) is 4.20. The van der Waals surface area contributed by atoms with E-state index in [1.54, 1.807) is 12.1 Å². The Morgan fingerprint density at radius 2 is 1.61 bits per heavy atom. The molecule has 28 heavy (non-hydrogen) atoms. The van der Waals surface area contributed by atoms with Crippen LogP contribution >= 0.6 is 23.2 Å². The van der Waals surface area contributed by atoms with Crippen molar-refractivity contribution in [1.29, 1.82) is 0 Å². The second-order valence-electron chi connectivity index (χ2n) is 5.94. The van der Waals surface area contributed by atoms with Crippen LogP contribution in [0.25, 0.3) is 0 Å². The first kappa shape index (κ1) is 18.2. The van der Waals surface area contributed by atoms with E-state index in [1.807, 2.05) is 42.5 Å². The number of benzene rings is 3. The molecule has 4 rings (SSSR count). The third-order valence-corrected chi connectivity index (χ3v) is 4.93. The van der Waals surface area contributed by atoms with Crippen LogP contribution in [0.3, 0.4) is 0 Å². The SMILES string of the molecule is O=C(O/N=C1/C(=O)N(c2ccccc2)c2ccccc21)c1ccc(Cl)c(Cl)c1. The van der Waals surface area contributed by atoms with Gasteiger partial charge < -0.3 is 4.84 Å². The summed E-state index contributed by atoms with van der Waals surface area (Å²) in [6, 6.07) is 20.7. The highest BCUT2D eigenvalue weighted by Gasteiger charge is 2.35. The molecule has 3 aromatic rings. The first-order valence-corrected chi connectivity index (χ1v) is 9.05. The van der Waals surface area contributed by atoms with Crippen LogP contribution in [0.2, 0.25) is 10.0 Å².